The van der Waals surface area contributed by atoms with Crippen LogP contribution in [-0.4, -0.2) is 54.7 Å². The molecule has 0 bridgehead atoms. The number of pyridine rings is 1. The molecular weight excluding hydrogens is 548 g/mol. The number of hydrogen-bond acceptors (Lipinski definition) is 6. The van der Waals surface area contributed by atoms with E-state index in [0.717, 1.165) is 27.6 Å². The molecule has 1 aromatic carbocycles. The van der Waals surface area contributed by atoms with E-state index in [9.17, 15) is 27.6 Å². The first-order valence-electron chi connectivity index (χ1n) is 12.2. The van der Waals surface area contributed by atoms with Gasteiger partial charge in [0.2, 0.25) is 21.8 Å². The Bertz CT molecular complexity index is 1360. The van der Waals surface area contributed by atoms with Gasteiger partial charge in [-0.3, -0.25) is 18.7 Å². The minimum absolute atomic E-state index is 0.0551. The summed E-state index contributed by atoms with van der Waals surface area (Å²) in [6.45, 7) is 4.25. The molecule has 2 amide bonds. The van der Waals surface area contributed by atoms with Gasteiger partial charge < -0.3 is 20.3 Å². The molecule has 1 aromatic heterocycles. The van der Waals surface area contributed by atoms with Crippen molar-refractivity contribution in [2.45, 2.75) is 45.7 Å². The average molecular weight is 581 g/mol. The highest BCUT2D eigenvalue weighted by Crippen LogP contribution is 2.25. The van der Waals surface area contributed by atoms with Crippen LogP contribution in [0, 0.1) is 5.92 Å². The molecule has 3 N–H and O–H groups in total. The maximum Gasteiger partial charge on any atom is 0.327 e. The smallest absolute Gasteiger partial charge is 0.327 e. The standard InChI is InChI=1S/C26H33ClN4O7S/c1-18(2)14-15-28-23(32)17-30-16-6-7-21(26(30)36)29-25(35)22(8-4-5-9-24(33)34)31(39(3,37)38)20-12-10-19(27)11-13-20/h5-7,9-13,16,18,22H,4,8,14-15,17H2,1-3H3,(H,28,32)(H,29,35)(H,33,34)/b9-5+. The lowest BCUT2D eigenvalue weighted by Crippen LogP contribution is -2.48. The quantitative estimate of drug-likeness (QED) is 0.290. The third-order valence-corrected chi connectivity index (χ3v) is 6.96. The number of benzene rings is 1. The van der Waals surface area contributed by atoms with Crippen LogP contribution in [0.15, 0.2) is 59.5 Å². The van der Waals surface area contributed by atoms with Gasteiger partial charge in [0.1, 0.15) is 18.3 Å². The summed E-state index contributed by atoms with van der Waals surface area (Å²) in [6, 6.07) is 7.30. The Morgan fingerprint density at radius 2 is 1.79 bits per heavy atom. The van der Waals surface area contributed by atoms with Crippen molar-refractivity contribution in [3.05, 3.63) is 70.1 Å². The van der Waals surface area contributed by atoms with Crippen LogP contribution in [0.4, 0.5) is 11.4 Å². The number of allylic oxidation sites excluding steroid dienone is 1. The van der Waals surface area contributed by atoms with Crippen LogP contribution >= 0.6 is 11.6 Å². The first-order chi connectivity index (χ1) is 18.3. The molecule has 0 aliphatic carbocycles. The molecule has 0 fully saturated rings. The predicted octanol–water partition coefficient (Wildman–Crippen LogP) is 2.86. The largest absolute Gasteiger partial charge is 0.478 e. The van der Waals surface area contributed by atoms with Crippen LogP contribution in [0.2, 0.25) is 5.02 Å². The van der Waals surface area contributed by atoms with Crippen LogP contribution in [0.5, 0.6) is 0 Å². The molecule has 1 atom stereocenters. The zero-order valence-corrected chi connectivity index (χ0v) is 23.5. The van der Waals surface area contributed by atoms with Crippen LogP contribution in [0.25, 0.3) is 0 Å². The molecule has 1 heterocycles. The summed E-state index contributed by atoms with van der Waals surface area (Å²) in [5, 5.41) is 14.5. The van der Waals surface area contributed by atoms with Crippen LogP contribution in [0.1, 0.15) is 33.1 Å². The summed E-state index contributed by atoms with van der Waals surface area (Å²) >= 11 is 5.94. The molecule has 2 rings (SSSR count). The molecule has 2 aromatic rings. The number of anilines is 2. The second-order valence-electron chi connectivity index (χ2n) is 9.25. The number of nitrogens with zero attached hydrogens (tertiary/aromatic N) is 2. The van der Waals surface area contributed by atoms with Gasteiger partial charge in [0.15, 0.2) is 0 Å². The van der Waals surface area contributed by atoms with Gasteiger partial charge in [-0.05, 0) is 61.6 Å². The van der Waals surface area contributed by atoms with Gasteiger partial charge in [-0.1, -0.05) is 31.5 Å². The zero-order chi connectivity index (χ0) is 29.2. The normalized spacial score (nSPS) is 12.3. The molecule has 0 aliphatic rings. The molecule has 0 saturated heterocycles. The van der Waals surface area contributed by atoms with E-state index >= 15 is 0 Å². The Kier molecular flexibility index (Phi) is 11.7. The molecule has 13 heteroatoms. The van der Waals surface area contributed by atoms with Crippen molar-refractivity contribution in [2.75, 3.05) is 22.4 Å². The zero-order valence-electron chi connectivity index (χ0n) is 22.0. The van der Waals surface area contributed by atoms with E-state index in [1.807, 2.05) is 13.8 Å². The van der Waals surface area contributed by atoms with Crippen molar-refractivity contribution in [1.82, 2.24) is 9.88 Å². The number of carbonyl (C=O) groups excluding carboxylic acids is 2. The SMILES string of the molecule is CC(C)CCNC(=O)Cn1cccc(NC(=O)C(CC/C=C/C(=O)O)N(c2ccc(Cl)cc2)S(C)(=O)=O)c1=O. The molecule has 1 unspecified atom stereocenters. The number of aliphatic carboxylic acids is 1. The third-order valence-electron chi connectivity index (χ3n) is 5.53. The van der Waals surface area contributed by atoms with Crippen LogP contribution in [0.3, 0.4) is 0 Å². The van der Waals surface area contributed by atoms with Gasteiger partial charge in [0.05, 0.1) is 11.9 Å². The van der Waals surface area contributed by atoms with E-state index in [-0.39, 0.29) is 36.7 Å². The van der Waals surface area contributed by atoms with Crippen molar-refractivity contribution in [3.8, 4) is 0 Å². The monoisotopic (exact) mass is 580 g/mol. The highest BCUT2D eigenvalue weighted by atomic mass is 35.5. The van der Waals surface area contributed by atoms with Gasteiger partial charge >= 0.3 is 5.97 Å². The lowest BCUT2D eigenvalue weighted by molar-refractivity contribution is -0.131. The Hall–Kier alpha value is -3.64. The van der Waals surface area contributed by atoms with Crippen molar-refractivity contribution in [3.63, 3.8) is 0 Å². The second-order valence-corrected chi connectivity index (χ2v) is 11.5. The van der Waals surface area contributed by atoms with Gasteiger partial charge in [-0.15, -0.1) is 0 Å². The van der Waals surface area contributed by atoms with Crippen LogP contribution in [-0.2, 0) is 31.0 Å². The predicted molar refractivity (Wildman–Crippen MR) is 150 cm³/mol. The highest BCUT2D eigenvalue weighted by molar-refractivity contribution is 7.92. The highest BCUT2D eigenvalue weighted by Gasteiger charge is 2.33. The number of carboxylic acid groups (broad SMARTS) is 1. The molecule has 0 spiro atoms. The fourth-order valence-electron chi connectivity index (χ4n) is 3.67. The maximum absolute atomic E-state index is 13.4. The van der Waals surface area contributed by atoms with E-state index in [4.69, 9.17) is 16.7 Å². The number of nitrogens with one attached hydrogen (secondary N) is 2. The molecule has 39 heavy (non-hydrogen) atoms. The van der Waals surface area contributed by atoms with Gasteiger partial charge in [0, 0.05) is 23.8 Å². The number of halogens is 1. The molecular formula is C26H33ClN4O7S. The Morgan fingerprint density at radius 3 is 2.38 bits per heavy atom. The van der Waals surface area contributed by atoms with Gasteiger partial charge in [-0.25, -0.2) is 13.2 Å². The fourth-order valence-corrected chi connectivity index (χ4v) is 4.96. The van der Waals surface area contributed by atoms with Gasteiger partial charge in [0.25, 0.3) is 5.56 Å². The Balaban J connectivity index is 2.35. The fraction of sp³-hybridized carbons (Fsp3) is 0.385. The van der Waals surface area contributed by atoms with Crippen molar-refractivity contribution in [1.29, 1.82) is 0 Å². The topological polar surface area (TPSA) is 155 Å². The lowest BCUT2D eigenvalue weighted by Gasteiger charge is -2.30. The maximum atomic E-state index is 13.4. The number of carboxylic acids is 1. The third kappa shape index (κ3) is 10.2. The molecule has 0 saturated carbocycles. The Labute approximate surface area is 232 Å². The summed E-state index contributed by atoms with van der Waals surface area (Å²) in [5.74, 6) is -1.96. The van der Waals surface area contributed by atoms with E-state index in [0.29, 0.717) is 17.5 Å². The summed E-state index contributed by atoms with van der Waals surface area (Å²) in [4.78, 5) is 49.6. The van der Waals surface area contributed by atoms with Crippen molar-refractivity contribution >= 4 is 50.8 Å². The summed E-state index contributed by atoms with van der Waals surface area (Å²) in [7, 11) is -4.02. The number of aromatic nitrogens is 1. The lowest BCUT2D eigenvalue weighted by atomic mass is 10.1. The van der Waals surface area contributed by atoms with E-state index in [2.05, 4.69) is 10.6 Å². The van der Waals surface area contributed by atoms with Crippen LogP contribution < -0.4 is 20.5 Å². The number of hydrogen-bond donors (Lipinski definition) is 3. The summed E-state index contributed by atoms with van der Waals surface area (Å²) in [6.07, 6.45) is 5.28. The molecule has 212 valence electrons. The summed E-state index contributed by atoms with van der Waals surface area (Å²) in [5.41, 5.74) is -0.632. The average Bonchev–Trinajstić information content (AvgIpc) is 2.83. The number of amides is 2. The van der Waals surface area contributed by atoms with E-state index in [1.165, 1.54) is 48.7 Å². The minimum Gasteiger partial charge on any atom is -0.478 e. The van der Waals surface area contributed by atoms with E-state index in [1.54, 1.807) is 0 Å². The molecule has 11 nitrogen and oxygen atoms in total. The molecule has 0 radical (unpaired) electrons. The number of carbonyl (C=O) groups is 3. The first kappa shape index (κ1) is 31.6. The minimum atomic E-state index is -4.02. The van der Waals surface area contributed by atoms with Crippen molar-refractivity contribution < 1.29 is 27.9 Å². The molecule has 0 aliphatic heterocycles. The van der Waals surface area contributed by atoms with E-state index < -0.39 is 33.5 Å². The van der Waals surface area contributed by atoms with Crippen molar-refractivity contribution in [2.24, 2.45) is 5.92 Å². The van der Waals surface area contributed by atoms with Gasteiger partial charge in [-0.2, -0.15) is 0 Å². The second kappa shape index (κ2) is 14.5. The summed E-state index contributed by atoms with van der Waals surface area (Å²) < 4.78 is 27.7. The number of rotatable bonds is 14. The number of sulfonamides is 1. The Morgan fingerprint density at radius 1 is 1.13 bits per heavy atom. The first-order valence-corrected chi connectivity index (χ1v) is 14.4.